The highest BCUT2D eigenvalue weighted by Crippen LogP contribution is 2.13. The summed E-state index contributed by atoms with van der Waals surface area (Å²) < 4.78 is 1.55. The summed E-state index contributed by atoms with van der Waals surface area (Å²) in [6.45, 7) is 5.72. The Hall–Kier alpha value is -2.46. The van der Waals surface area contributed by atoms with E-state index in [2.05, 4.69) is 48.5 Å². The standard InChI is InChI=1S/C20H23N3O/c1-15(17-8-4-3-5-9-17)12-21-16(2)14-23-20(24)19-11-7-6-10-18(19)13-22-23/h3-11,13,15-16,21H,12,14H2,1-2H3. The number of nitrogens with zero attached hydrogens (tertiary/aromatic N) is 2. The van der Waals surface area contributed by atoms with E-state index in [0.717, 1.165) is 17.3 Å². The second kappa shape index (κ2) is 7.41. The number of hydrogen-bond donors (Lipinski definition) is 1. The number of hydrogen-bond acceptors (Lipinski definition) is 3. The quantitative estimate of drug-likeness (QED) is 0.758. The van der Waals surface area contributed by atoms with Crippen molar-refractivity contribution < 1.29 is 0 Å². The molecule has 0 saturated carbocycles. The first-order valence-electron chi connectivity index (χ1n) is 8.38. The van der Waals surface area contributed by atoms with Crippen LogP contribution in [0.25, 0.3) is 10.8 Å². The lowest BCUT2D eigenvalue weighted by atomic mass is 10.0. The molecule has 0 saturated heterocycles. The van der Waals surface area contributed by atoms with E-state index in [1.165, 1.54) is 5.56 Å². The van der Waals surface area contributed by atoms with Gasteiger partial charge in [-0.25, -0.2) is 4.68 Å². The molecule has 0 aliphatic carbocycles. The minimum absolute atomic E-state index is 0.0298. The third-order valence-electron chi connectivity index (χ3n) is 4.35. The Morgan fingerprint density at radius 3 is 2.54 bits per heavy atom. The van der Waals surface area contributed by atoms with Gasteiger partial charge in [0.05, 0.1) is 18.1 Å². The Balaban J connectivity index is 1.64. The minimum Gasteiger partial charge on any atom is -0.312 e. The van der Waals surface area contributed by atoms with Crippen molar-refractivity contribution in [2.24, 2.45) is 0 Å². The molecule has 0 aliphatic heterocycles. The molecule has 124 valence electrons. The van der Waals surface area contributed by atoms with E-state index in [1.807, 2.05) is 30.3 Å². The van der Waals surface area contributed by atoms with Crippen molar-refractivity contribution in [1.29, 1.82) is 0 Å². The monoisotopic (exact) mass is 321 g/mol. The average molecular weight is 321 g/mol. The lowest BCUT2D eigenvalue weighted by molar-refractivity contribution is 0.430. The molecule has 0 spiro atoms. The first kappa shape index (κ1) is 16.4. The first-order chi connectivity index (χ1) is 11.6. The van der Waals surface area contributed by atoms with Gasteiger partial charge in [0, 0.05) is 18.0 Å². The summed E-state index contributed by atoms with van der Waals surface area (Å²) in [7, 11) is 0. The summed E-state index contributed by atoms with van der Waals surface area (Å²) in [4.78, 5) is 12.5. The van der Waals surface area contributed by atoms with Crippen molar-refractivity contribution in [3.8, 4) is 0 Å². The van der Waals surface area contributed by atoms with Crippen LogP contribution in [0.1, 0.15) is 25.3 Å². The summed E-state index contributed by atoms with van der Waals surface area (Å²) in [6, 6.07) is 18.2. The molecule has 0 radical (unpaired) electrons. The van der Waals surface area contributed by atoms with E-state index >= 15 is 0 Å². The number of aromatic nitrogens is 2. The molecule has 0 fully saturated rings. The Bertz CT molecular complexity index is 857. The molecule has 3 aromatic rings. The Morgan fingerprint density at radius 1 is 1.04 bits per heavy atom. The van der Waals surface area contributed by atoms with E-state index in [0.29, 0.717) is 12.5 Å². The van der Waals surface area contributed by atoms with E-state index in [9.17, 15) is 4.79 Å². The van der Waals surface area contributed by atoms with Gasteiger partial charge in [-0.2, -0.15) is 5.10 Å². The van der Waals surface area contributed by atoms with Gasteiger partial charge >= 0.3 is 0 Å². The molecule has 0 amide bonds. The van der Waals surface area contributed by atoms with Crippen LogP contribution in [0.3, 0.4) is 0 Å². The molecule has 4 heteroatoms. The van der Waals surface area contributed by atoms with Crippen molar-refractivity contribution in [1.82, 2.24) is 15.1 Å². The number of benzene rings is 2. The van der Waals surface area contributed by atoms with Gasteiger partial charge in [0.15, 0.2) is 0 Å². The molecule has 0 aliphatic rings. The van der Waals surface area contributed by atoms with Crippen LogP contribution in [0.5, 0.6) is 0 Å². The van der Waals surface area contributed by atoms with Crippen LogP contribution in [0, 0.1) is 0 Å². The first-order valence-corrected chi connectivity index (χ1v) is 8.38. The summed E-state index contributed by atoms with van der Waals surface area (Å²) in [5.74, 6) is 0.426. The maximum absolute atomic E-state index is 12.5. The second-order valence-corrected chi connectivity index (χ2v) is 6.34. The summed E-state index contributed by atoms with van der Waals surface area (Å²) >= 11 is 0. The topological polar surface area (TPSA) is 46.9 Å². The van der Waals surface area contributed by atoms with E-state index in [-0.39, 0.29) is 11.6 Å². The number of fused-ring (bicyclic) bond motifs is 1. The fraction of sp³-hybridized carbons (Fsp3) is 0.300. The highest BCUT2D eigenvalue weighted by Gasteiger charge is 2.10. The van der Waals surface area contributed by atoms with Crippen LogP contribution in [-0.4, -0.2) is 22.4 Å². The third-order valence-corrected chi connectivity index (χ3v) is 4.35. The number of nitrogens with one attached hydrogen (secondary N) is 1. The van der Waals surface area contributed by atoms with Gasteiger partial charge in [-0.15, -0.1) is 0 Å². The molecule has 4 nitrogen and oxygen atoms in total. The van der Waals surface area contributed by atoms with Crippen LogP contribution >= 0.6 is 0 Å². The van der Waals surface area contributed by atoms with Crippen molar-refractivity contribution in [2.45, 2.75) is 32.4 Å². The summed E-state index contributed by atoms with van der Waals surface area (Å²) in [5, 5.41) is 9.41. The highest BCUT2D eigenvalue weighted by molar-refractivity contribution is 5.80. The molecule has 24 heavy (non-hydrogen) atoms. The van der Waals surface area contributed by atoms with Crippen molar-refractivity contribution in [3.05, 3.63) is 76.7 Å². The predicted molar refractivity (Wildman–Crippen MR) is 98.3 cm³/mol. The number of rotatable bonds is 6. The van der Waals surface area contributed by atoms with Crippen molar-refractivity contribution in [2.75, 3.05) is 6.54 Å². The zero-order valence-electron chi connectivity index (χ0n) is 14.1. The van der Waals surface area contributed by atoms with Crippen molar-refractivity contribution in [3.63, 3.8) is 0 Å². The molecule has 1 N–H and O–H groups in total. The third kappa shape index (κ3) is 3.71. The van der Waals surface area contributed by atoms with E-state index in [4.69, 9.17) is 0 Å². The fourth-order valence-corrected chi connectivity index (χ4v) is 2.86. The van der Waals surface area contributed by atoms with Gasteiger partial charge in [0.1, 0.15) is 0 Å². The van der Waals surface area contributed by atoms with Crippen molar-refractivity contribution >= 4 is 10.8 Å². The Kier molecular flexibility index (Phi) is 5.06. The molecule has 1 heterocycles. The maximum atomic E-state index is 12.5. The van der Waals surface area contributed by atoms with Crippen LogP contribution in [-0.2, 0) is 6.54 Å². The van der Waals surface area contributed by atoms with Crippen LogP contribution < -0.4 is 10.9 Å². The molecule has 2 aromatic carbocycles. The Morgan fingerprint density at radius 2 is 1.75 bits per heavy atom. The van der Waals surface area contributed by atoms with E-state index in [1.54, 1.807) is 10.9 Å². The predicted octanol–water partition coefficient (Wildman–Crippen LogP) is 3.18. The van der Waals surface area contributed by atoms with Gasteiger partial charge in [0.25, 0.3) is 5.56 Å². The van der Waals surface area contributed by atoms with Gasteiger partial charge in [-0.05, 0) is 24.5 Å². The molecule has 2 unspecified atom stereocenters. The smallest absolute Gasteiger partial charge is 0.274 e. The SMILES string of the molecule is CC(Cn1ncc2ccccc2c1=O)NCC(C)c1ccccc1. The zero-order valence-corrected chi connectivity index (χ0v) is 14.1. The molecule has 0 bridgehead atoms. The second-order valence-electron chi connectivity index (χ2n) is 6.34. The summed E-state index contributed by atoms with van der Waals surface area (Å²) in [6.07, 6.45) is 1.76. The highest BCUT2D eigenvalue weighted by atomic mass is 16.1. The molecular formula is C20H23N3O. The molecular weight excluding hydrogens is 298 g/mol. The van der Waals surface area contributed by atoms with Gasteiger partial charge in [-0.1, -0.05) is 55.5 Å². The van der Waals surface area contributed by atoms with Gasteiger partial charge in [-0.3, -0.25) is 4.79 Å². The lowest BCUT2D eigenvalue weighted by Crippen LogP contribution is -2.37. The maximum Gasteiger partial charge on any atom is 0.274 e. The molecule has 2 atom stereocenters. The minimum atomic E-state index is -0.0298. The average Bonchev–Trinajstić information content (AvgIpc) is 2.63. The lowest BCUT2D eigenvalue weighted by Gasteiger charge is -2.18. The molecule has 3 rings (SSSR count). The van der Waals surface area contributed by atoms with Gasteiger partial charge in [0.2, 0.25) is 0 Å². The van der Waals surface area contributed by atoms with E-state index < -0.39 is 0 Å². The van der Waals surface area contributed by atoms with Crippen LogP contribution in [0.15, 0.2) is 65.6 Å². The van der Waals surface area contributed by atoms with Gasteiger partial charge < -0.3 is 5.32 Å². The van der Waals surface area contributed by atoms with Crippen LogP contribution in [0.2, 0.25) is 0 Å². The largest absolute Gasteiger partial charge is 0.312 e. The molecule has 1 aromatic heterocycles. The zero-order chi connectivity index (χ0) is 16.9. The van der Waals surface area contributed by atoms with Crippen LogP contribution in [0.4, 0.5) is 0 Å². The Labute approximate surface area is 142 Å². The normalized spacial score (nSPS) is 13.8. The fourth-order valence-electron chi connectivity index (χ4n) is 2.86. The summed E-state index contributed by atoms with van der Waals surface area (Å²) in [5.41, 5.74) is 1.29.